The molecular weight excluding hydrogens is 234 g/mol. The average Bonchev–Trinajstić information content (AvgIpc) is 2.32. The number of amides is 1. The fraction of sp³-hybridized carbons (Fsp3) is 0.500. The highest BCUT2D eigenvalue weighted by atomic mass is 32.2. The first-order chi connectivity index (χ1) is 8.15. The summed E-state index contributed by atoms with van der Waals surface area (Å²) in [7, 11) is 0. The first kappa shape index (κ1) is 13.8. The van der Waals surface area contributed by atoms with Gasteiger partial charge in [0, 0.05) is 6.54 Å². The topological polar surface area (TPSA) is 68.0 Å². The van der Waals surface area contributed by atoms with E-state index in [9.17, 15) is 4.79 Å². The fourth-order valence-electron chi connectivity index (χ4n) is 1.39. The number of thioether (sulfide) groups is 1. The molecule has 1 rings (SSSR count). The highest BCUT2D eigenvalue weighted by Gasteiger charge is 2.09. The monoisotopic (exact) mass is 253 g/mol. The summed E-state index contributed by atoms with van der Waals surface area (Å²) >= 11 is 1.88. The Morgan fingerprint density at radius 1 is 1.59 bits per heavy atom. The van der Waals surface area contributed by atoms with Gasteiger partial charge < -0.3 is 11.1 Å². The van der Waals surface area contributed by atoms with Gasteiger partial charge in [-0.2, -0.15) is 11.8 Å². The maximum Gasteiger partial charge on any atom is 0.253 e. The Morgan fingerprint density at radius 2 is 2.35 bits per heavy atom. The Morgan fingerprint density at radius 3 is 3.06 bits per heavy atom. The zero-order valence-electron chi connectivity index (χ0n) is 10.3. The van der Waals surface area contributed by atoms with Crippen LogP contribution in [0.4, 0.5) is 5.69 Å². The van der Waals surface area contributed by atoms with E-state index in [2.05, 4.69) is 17.2 Å². The van der Waals surface area contributed by atoms with Crippen LogP contribution in [0.1, 0.15) is 29.4 Å². The number of hydrogen-bond acceptors (Lipinski definition) is 4. The van der Waals surface area contributed by atoms with E-state index in [1.807, 2.05) is 11.8 Å². The van der Waals surface area contributed by atoms with Crippen LogP contribution in [0.15, 0.2) is 12.3 Å². The Labute approximate surface area is 106 Å². The molecule has 1 heterocycles. The van der Waals surface area contributed by atoms with E-state index in [-0.39, 0.29) is 5.91 Å². The molecule has 1 aromatic heterocycles. The van der Waals surface area contributed by atoms with Crippen LogP contribution in [-0.2, 0) is 0 Å². The number of hydrogen-bond donors (Lipinski definition) is 2. The Bertz CT molecular complexity index is 382. The molecule has 0 aromatic carbocycles. The number of carbonyl (C=O) groups is 1. The third-order valence-corrected chi connectivity index (χ3v) is 3.29. The van der Waals surface area contributed by atoms with Gasteiger partial charge in [0.1, 0.15) is 0 Å². The van der Waals surface area contributed by atoms with Gasteiger partial charge in [-0.05, 0) is 30.9 Å². The first-order valence-electron chi connectivity index (χ1n) is 5.73. The molecule has 0 saturated heterocycles. The van der Waals surface area contributed by atoms with Crippen molar-refractivity contribution in [2.45, 2.75) is 20.3 Å². The molecule has 3 N–H and O–H groups in total. The molecule has 0 aliphatic carbocycles. The smallest absolute Gasteiger partial charge is 0.253 e. The number of nitrogens with one attached hydrogen (secondary N) is 1. The van der Waals surface area contributed by atoms with Crippen molar-refractivity contribution in [1.82, 2.24) is 10.3 Å². The Hall–Kier alpha value is -1.23. The van der Waals surface area contributed by atoms with Crippen LogP contribution in [0.2, 0.25) is 0 Å². The predicted molar refractivity (Wildman–Crippen MR) is 73.3 cm³/mol. The predicted octanol–water partition coefficient (Wildman–Crippen LogP) is 1.85. The molecular formula is C12H19N3OS. The second-order valence-electron chi connectivity index (χ2n) is 3.71. The van der Waals surface area contributed by atoms with Crippen molar-refractivity contribution in [3.63, 3.8) is 0 Å². The number of aryl methyl sites for hydroxylation is 1. The lowest BCUT2D eigenvalue weighted by Crippen LogP contribution is -2.26. The van der Waals surface area contributed by atoms with Crippen LogP contribution in [0, 0.1) is 6.92 Å². The van der Waals surface area contributed by atoms with Gasteiger partial charge >= 0.3 is 0 Å². The zero-order valence-corrected chi connectivity index (χ0v) is 11.1. The Balaban J connectivity index is 2.44. The van der Waals surface area contributed by atoms with Crippen LogP contribution in [-0.4, -0.2) is 28.9 Å². The molecule has 17 heavy (non-hydrogen) atoms. The van der Waals surface area contributed by atoms with Gasteiger partial charge in [-0.15, -0.1) is 0 Å². The number of carbonyl (C=O) groups excluding carboxylic acids is 1. The molecule has 0 atom stereocenters. The molecule has 0 spiro atoms. The average molecular weight is 253 g/mol. The standard InChI is InChI=1S/C12H19N3OS/c1-3-17-6-4-5-14-12(16)11-7-10(13)8-15-9(11)2/h7-8H,3-6,13H2,1-2H3,(H,14,16). The van der Waals surface area contributed by atoms with Gasteiger partial charge in [-0.25, -0.2) is 0 Å². The van der Waals surface area contributed by atoms with Crippen molar-refractivity contribution in [1.29, 1.82) is 0 Å². The molecule has 1 aromatic rings. The van der Waals surface area contributed by atoms with E-state index in [0.717, 1.165) is 17.9 Å². The lowest BCUT2D eigenvalue weighted by atomic mass is 10.2. The van der Waals surface area contributed by atoms with Crippen molar-refractivity contribution in [3.05, 3.63) is 23.5 Å². The Kier molecular flexibility index (Phi) is 5.83. The number of aromatic nitrogens is 1. The van der Waals surface area contributed by atoms with E-state index >= 15 is 0 Å². The summed E-state index contributed by atoms with van der Waals surface area (Å²) in [6.45, 7) is 4.63. The van der Waals surface area contributed by atoms with E-state index in [4.69, 9.17) is 5.73 Å². The van der Waals surface area contributed by atoms with Gasteiger partial charge in [-0.3, -0.25) is 9.78 Å². The van der Waals surface area contributed by atoms with E-state index in [1.165, 1.54) is 0 Å². The summed E-state index contributed by atoms with van der Waals surface area (Å²) in [5, 5.41) is 2.88. The second-order valence-corrected chi connectivity index (χ2v) is 5.10. The molecule has 0 fully saturated rings. The van der Waals surface area contributed by atoms with Crippen LogP contribution in [0.5, 0.6) is 0 Å². The van der Waals surface area contributed by atoms with Gasteiger partial charge in [0.05, 0.1) is 23.1 Å². The minimum absolute atomic E-state index is 0.0937. The summed E-state index contributed by atoms with van der Waals surface area (Å²) in [4.78, 5) is 15.9. The summed E-state index contributed by atoms with van der Waals surface area (Å²) in [6, 6.07) is 1.67. The van der Waals surface area contributed by atoms with Crippen molar-refractivity contribution in [2.75, 3.05) is 23.8 Å². The number of rotatable bonds is 6. The number of nitrogen functional groups attached to an aromatic ring is 1. The number of nitrogens with two attached hydrogens (primary N) is 1. The quantitative estimate of drug-likeness (QED) is 0.759. The van der Waals surface area contributed by atoms with Gasteiger partial charge in [-0.1, -0.05) is 6.92 Å². The third kappa shape index (κ3) is 4.65. The molecule has 5 heteroatoms. The van der Waals surface area contributed by atoms with Crippen LogP contribution in [0.25, 0.3) is 0 Å². The van der Waals surface area contributed by atoms with Crippen LogP contribution < -0.4 is 11.1 Å². The van der Waals surface area contributed by atoms with Gasteiger partial charge in [0.2, 0.25) is 0 Å². The summed E-state index contributed by atoms with van der Waals surface area (Å²) in [6.07, 6.45) is 2.54. The lowest BCUT2D eigenvalue weighted by molar-refractivity contribution is 0.0953. The molecule has 0 saturated carbocycles. The summed E-state index contributed by atoms with van der Waals surface area (Å²) in [5.41, 5.74) is 7.40. The van der Waals surface area contributed by atoms with Gasteiger partial charge in [0.15, 0.2) is 0 Å². The molecule has 0 aliphatic heterocycles. The molecule has 1 amide bonds. The summed E-state index contributed by atoms with van der Waals surface area (Å²) in [5.74, 6) is 2.10. The highest BCUT2D eigenvalue weighted by molar-refractivity contribution is 7.99. The molecule has 0 unspecified atom stereocenters. The maximum atomic E-state index is 11.8. The highest BCUT2D eigenvalue weighted by Crippen LogP contribution is 2.09. The molecule has 94 valence electrons. The van der Waals surface area contributed by atoms with Crippen molar-refractivity contribution < 1.29 is 4.79 Å². The lowest BCUT2D eigenvalue weighted by Gasteiger charge is -2.07. The van der Waals surface area contributed by atoms with Crippen molar-refractivity contribution in [2.24, 2.45) is 0 Å². The van der Waals surface area contributed by atoms with E-state index in [1.54, 1.807) is 19.2 Å². The summed E-state index contributed by atoms with van der Waals surface area (Å²) < 4.78 is 0. The fourth-order valence-corrected chi connectivity index (χ4v) is 2.03. The van der Waals surface area contributed by atoms with Crippen molar-refractivity contribution >= 4 is 23.4 Å². The number of pyridine rings is 1. The van der Waals surface area contributed by atoms with Crippen LogP contribution in [0.3, 0.4) is 0 Å². The van der Waals surface area contributed by atoms with E-state index < -0.39 is 0 Å². The second kappa shape index (κ2) is 7.17. The van der Waals surface area contributed by atoms with Crippen LogP contribution >= 0.6 is 11.8 Å². The minimum Gasteiger partial charge on any atom is -0.397 e. The normalized spacial score (nSPS) is 10.2. The molecule has 4 nitrogen and oxygen atoms in total. The largest absolute Gasteiger partial charge is 0.397 e. The van der Waals surface area contributed by atoms with E-state index in [0.29, 0.717) is 23.5 Å². The third-order valence-electron chi connectivity index (χ3n) is 2.31. The first-order valence-corrected chi connectivity index (χ1v) is 6.88. The molecule has 0 radical (unpaired) electrons. The number of nitrogens with zero attached hydrogens (tertiary/aromatic N) is 1. The SMILES string of the molecule is CCSCCCNC(=O)c1cc(N)cnc1C. The number of anilines is 1. The molecule has 0 aliphatic rings. The maximum absolute atomic E-state index is 11.8. The zero-order chi connectivity index (χ0) is 12.7. The molecule has 0 bridgehead atoms. The van der Waals surface area contributed by atoms with Gasteiger partial charge in [0.25, 0.3) is 5.91 Å². The van der Waals surface area contributed by atoms with Crippen molar-refractivity contribution in [3.8, 4) is 0 Å². The minimum atomic E-state index is -0.0937.